The summed E-state index contributed by atoms with van der Waals surface area (Å²) in [7, 11) is 0. The van der Waals surface area contributed by atoms with E-state index in [1.807, 2.05) is 12.1 Å². The number of alkyl halides is 3. The molecule has 2 aromatic carbocycles. The molecule has 0 saturated carbocycles. The van der Waals surface area contributed by atoms with E-state index in [2.05, 4.69) is 31.2 Å². The van der Waals surface area contributed by atoms with Crippen molar-refractivity contribution < 1.29 is 27.1 Å². The molecule has 4 rings (SSSR count). The third-order valence-corrected chi connectivity index (χ3v) is 5.28. The van der Waals surface area contributed by atoms with Gasteiger partial charge in [-0.05, 0) is 59.5 Å². The maximum atomic E-state index is 13.0. The van der Waals surface area contributed by atoms with Gasteiger partial charge in [0.2, 0.25) is 0 Å². The number of carbonyl (C=O) groups excluding carboxylic acids is 1. The molecule has 1 amide bonds. The normalized spacial score (nSPS) is 11.9. The van der Waals surface area contributed by atoms with Crippen molar-refractivity contribution in [1.82, 2.24) is 9.78 Å². The van der Waals surface area contributed by atoms with Crippen molar-refractivity contribution in [2.24, 2.45) is 0 Å². The van der Waals surface area contributed by atoms with Crippen molar-refractivity contribution >= 4 is 11.7 Å². The summed E-state index contributed by atoms with van der Waals surface area (Å²) in [4.78, 5) is 12.6. The summed E-state index contributed by atoms with van der Waals surface area (Å²) >= 11 is 0. The molecule has 0 fully saturated rings. The minimum absolute atomic E-state index is 0.00167. The Morgan fingerprint density at radius 1 is 1.00 bits per heavy atom. The van der Waals surface area contributed by atoms with Crippen LogP contribution in [-0.2, 0) is 16.4 Å². The van der Waals surface area contributed by atoms with E-state index < -0.39 is 17.6 Å². The number of aromatic nitrogens is 2. The zero-order chi connectivity index (χ0) is 25.2. The van der Waals surface area contributed by atoms with Gasteiger partial charge in [0.05, 0.1) is 17.5 Å². The van der Waals surface area contributed by atoms with Gasteiger partial charge < -0.3 is 14.5 Å². The molecule has 4 aromatic rings. The summed E-state index contributed by atoms with van der Waals surface area (Å²) in [6, 6.07) is 16.9. The van der Waals surface area contributed by atoms with Gasteiger partial charge in [-0.25, -0.2) is 4.68 Å². The lowest BCUT2D eigenvalue weighted by Crippen LogP contribution is -2.22. The lowest BCUT2D eigenvalue weighted by Gasteiger charge is -2.19. The van der Waals surface area contributed by atoms with Gasteiger partial charge in [-0.15, -0.1) is 0 Å². The average Bonchev–Trinajstić information content (AvgIpc) is 3.47. The molecule has 1 N–H and O–H groups in total. The highest BCUT2D eigenvalue weighted by atomic mass is 19.4. The number of benzene rings is 2. The number of carbonyl (C=O) groups is 1. The van der Waals surface area contributed by atoms with Crippen LogP contribution in [0, 0.1) is 0 Å². The number of ether oxygens (including phenoxy) is 1. The zero-order valence-electron chi connectivity index (χ0n) is 19.4. The summed E-state index contributed by atoms with van der Waals surface area (Å²) in [5.41, 5.74) is 1.10. The summed E-state index contributed by atoms with van der Waals surface area (Å²) in [5.74, 6) is 0.791. The Kier molecular flexibility index (Phi) is 6.43. The molecule has 182 valence electrons. The van der Waals surface area contributed by atoms with Crippen LogP contribution in [-0.4, -0.2) is 22.3 Å². The van der Waals surface area contributed by atoms with E-state index in [1.165, 1.54) is 23.1 Å². The lowest BCUT2D eigenvalue weighted by atomic mass is 9.87. The van der Waals surface area contributed by atoms with Gasteiger partial charge in [-0.3, -0.25) is 4.79 Å². The van der Waals surface area contributed by atoms with E-state index in [9.17, 15) is 18.0 Å². The molecule has 0 aliphatic rings. The van der Waals surface area contributed by atoms with Crippen LogP contribution in [0.2, 0.25) is 0 Å². The third kappa shape index (κ3) is 5.74. The SMILES string of the molecule is CC(C)(C)c1ccc(OCC(=O)Nc2cc(-c3ccco3)nn2-c2ccc(C(F)(F)F)cc2)cc1. The second-order valence-electron chi connectivity index (χ2n) is 8.96. The van der Waals surface area contributed by atoms with Crippen LogP contribution < -0.4 is 10.1 Å². The molecule has 0 radical (unpaired) electrons. The number of amides is 1. The van der Waals surface area contributed by atoms with Crippen molar-refractivity contribution in [1.29, 1.82) is 0 Å². The fourth-order valence-electron chi connectivity index (χ4n) is 3.38. The molecule has 35 heavy (non-hydrogen) atoms. The van der Waals surface area contributed by atoms with Gasteiger partial charge in [0, 0.05) is 6.07 Å². The molecule has 0 unspecified atom stereocenters. The standard InChI is InChI=1S/C26H24F3N3O3/c1-25(2,3)17-8-12-20(13-9-17)35-16-24(33)30-23-15-21(22-5-4-14-34-22)31-32(23)19-10-6-18(7-11-19)26(27,28)29/h4-15H,16H2,1-3H3,(H,30,33). The molecule has 0 aliphatic carbocycles. The number of nitrogens with zero attached hydrogens (tertiary/aromatic N) is 2. The molecule has 9 heteroatoms. The first-order valence-corrected chi connectivity index (χ1v) is 10.9. The molecule has 2 aromatic heterocycles. The highest BCUT2D eigenvalue weighted by Crippen LogP contribution is 2.31. The Labute approximate surface area is 200 Å². The Bertz CT molecular complexity index is 1290. The second kappa shape index (κ2) is 9.32. The molecular formula is C26H24F3N3O3. The quantitative estimate of drug-likeness (QED) is 0.341. The van der Waals surface area contributed by atoms with Crippen LogP contribution in [0.15, 0.2) is 77.4 Å². The van der Waals surface area contributed by atoms with Crippen molar-refractivity contribution in [3.63, 3.8) is 0 Å². The zero-order valence-corrected chi connectivity index (χ0v) is 19.4. The topological polar surface area (TPSA) is 69.3 Å². The third-order valence-electron chi connectivity index (χ3n) is 5.28. The summed E-state index contributed by atoms with van der Waals surface area (Å²) in [6.45, 7) is 6.05. The van der Waals surface area contributed by atoms with Crippen molar-refractivity contribution in [2.75, 3.05) is 11.9 Å². The molecule has 0 saturated heterocycles. The smallest absolute Gasteiger partial charge is 0.416 e. The van der Waals surface area contributed by atoms with Crippen LogP contribution in [0.5, 0.6) is 5.75 Å². The van der Waals surface area contributed by atoms with Gasteiger partial charge in [0.15, 0.2) is 12.4 Å². The first-order valence-electron chi connectivity index (χ1n) is 10.9. The number of halogens is 3. The number of nitrogens with one attached hydrogen (secondary N) is 1. The summed E-state index contributed by atoms with van der Waals surface area (Å²) in [5, 5.41) is 7.12. The Balaban J connectivity index is 1.52. The maximum absolute atomic E-state index is 13.0. The Hall–Kier alpha value is -4.01. The molecule has 0 aliphatic heterocycles. The van der Waals surface area contributed by atoms with E-state index in [0.29, 0.717) is 22.9 Å². The predicted molar refractivity (Wildman–Crippen MR) is 126 cm³/mol. The highest BCUT2D eigenvalue weighted by Gasteiger charge is 2.30. The first-order chi connectivity index (χ1) is 16.5. The van der Waals surface area contributed by atoms with Crippen molar-refractivity contribution in [3.8, 4) is 22.9 Å². The van der Waals surface area contributed by atoms with Gasteiger partial charge in [-0.1, -0.05) is 32.9 Å². The summed E-state index contributed by atoms with van der Waals surface area (Å²) < 4.78 is 51.2. The van der Waals surface area contributed by atoms with Crippen LogP contribution in [0.3, 0.4) is 0 Å². The van der Waals surface area contributed by atoms with Gasteiger partial charge in [-0.2, -0.15) is 18.3 Å². The number of rotatable bonds is 6. The molecule has 0 bridgehead atoms. The van der Waals surface area contributed by atoms with Gasteiger partial charge >= 0.3 is 6.18 Å². The van der Waals surface area contributed by atoms with Crippen molar-refractivity contribution in [3.05, 3.63) is 84.1 Å². The monoisotopic (exact) mass is 483 g/mol. The molecule has 0 atom stereocenters. The highest BCUT2D eigenvalue weighted by molar-refractivity contribution is 5.92. The fraction of sp³-hybridized carbons (Fsp3) is 0.231. The van der Waals surface area contributed by atoms with Gasteiger partial charge in [0.1, 0.15) is 17.3 Å². The molecule has 6 nitrogen and oxygen atoms in total. The maximum Gasteiger partial charge on any atom is 0.416 e. The predicted octanol–water partition coefficient (Wildman–Crippen LogP) is 6.47. The fourth-order valence-corrected chi connectivity index (χ4v) is 3.38. The second-order valence-corrected chi connectivity index (χ2v) is 8.96. The first kappa shape index (κ1) is 24.1. The number of hydrogen-bond acceptors (Lipinski definition) is 4. The van der Waals surface area contributed by atoms with E-state index in [1.54, 1.807) is 30.3 Å². The summed E-state index contributed by atoms with van der Waals surface area (Å²) in [6.07, 6.45) is -2.98. The minimum Gasteiger partial charge on any atom is -0.484 e. The largest absolute Gasteiger partial charge is 0.484 e. The number of furan rings is 1. The number of anilines is 1. The average molecular weight is 483 g/mol. The van der Waals surface area contributed by atoms with Crippen LogP contribution in [0.4, 0.5) is 19.0 Å². The Morgan fingerprint density at radius 2 is 1.66 bits per heavy atom. The van der Waals surface area contributed by atoms with Crippen LogP contribution in [0.1, 0.15) is 31.9 Å². The van der Waals surface area contributed by atoms with E-state index in [-0.39, 0.29) is 17.8 Å². The minimum atomic E-state index is -4.46. The Morgan fingerprint density at radius 3 is 2.23 bits per heavy atom. The van der Waals surface area contributed by atoms with Crippen LogP contribution >= 0.6 is 0 Å². The van der Waals surface area contributed by atoms with E-state index in [0.717, 1.165) is 17.7 Å². The molecule has 2 heterocycles. The molecule has 0 spiro atoms. The number of hydrogen-bond donors (Lipinski definition) is 1. The van der Waals surface area contributed by atoms with E-state index >= 15 is 0 Å². The van der Waals surface area contributed by atoms with Crippen molar-refractivity contribution in [2.45, 2.75) is 32.4 Å². The van der Waals surface area contributed by atoms with Gasteiger partial charge in [0.25, 0.3) is 5.91 Å². The van der Waals surface area contributed by atoms with Crippen LogP contribution in [0.25, 0.3) is 17.1 Å². The molecular weight excluding hydrogens is 459 g/mol. The lowest BCUT2D eigenvalue weighted by molar-refractivity contribution is -0.137. The van der Waals surface area contributed by atoms with E-state index in [4.69, 9.17) is 9.15 Å².